The van der Waals surface area contributed by atoms with E-state index in [9.17, 15) is 4.79 Å². The van der Waals surface area contributed by atoms with Crippen LogP contribution in [-0.4, -0.2) is 5.97 Å². The van der Waals surface area contributed by atoms with E-state index in [1.165, 1.54) is 0 Å². The van der Waals surface area contributed by atoms with E-state index >= 15 is 0 Å². The van der Waals surface area contributed by atoms with E-state index in [0.717, 1.165) is 15.6 Å². The molecule has 1 atom stereocenters. The summed E-state index contributed by atoms with van der Waals surface area (Å²) < 4.78 is 6.21. The predicted octanol–water partition coefficient (Wildman–Crippen LogP) is 4.53. The maximum absolute atomic E-state index is 12.1. The van der Waals surface area contributed by atoms with Crippen molar-refractivity contribution in [3.05, 3.63) is 63.1 Å². The first-order valence-corrected chi connectivity index (χ1v) is 7.60. The highest BCUT2D eigenvalue weighted by atomic mass is 79.9. The topological polar surface area (TPSA) is 52.3 Å². The van der Waals surface area contributed by atoms with Crippen molar-refractivity contribution < 1.29 is 9.53 Å². The lowest BCUT2D eigenvalue weighted by atomic mass is 10.0. The molecule has 3 nitrogen and oxygen atoms in total. The molecule has 0 aliphatic carbocycles. The van der Waals surface area contributed by atoms with Gasteiger partial charge in [-0.05, 0) is 36.8 Å². The molecule has 0 spiro atoms. The van der Waals surface area contributed by atoms with E-state index < -0.39 is 0 Å². The van der Waals surface area contributed by atoms with E-state index in [2.05, 4.69) is 15.9 Å². The number of ether oxygens (including phenoxy) is 1. The van der Waals surface area contributed by atoms with Gasteiger partial charge in [0, 0.05) is 20.7 Å². The number of halogens is 2. The molecule has 0 amide bonds. The largest absolute Gasteiger partial charge is 0.460 e. The molecule has 110 valence electrons. The summed E-state index contributed by atoms with van der Waals surface area (Å²) in [6.07, 6.45) is 0. The highest BCUT2D eigenvalue weighted by Crippen LogP contribution is 2.24. The van der Waals surface area contributed by atoms with Crippen LogP contribution in [0.5, 0.6) is 0 Å². The zero-order valence-electron chi connectivity index (χ0n) is 11.5. The molecule has 0 aliphatic heterocycles. The van der Waals surface area contributed by atoms with Crippen molar-refractivity contribution in [2.45, 2.75) is 19.4 Å². The first kappa shape index (κ1) is 15.9. The summed E-state index contributed by atoms with van der Waals surface area (Å²) in [4.78, 5) is 12.1. The number of carbonyl (C=O) groups excluding carboxylic acids is 1. The van der Waals surface area contributed by atoms with Gasteiger partial charge >= 0.3 is 5.97 Å². The molecular formula is C16H15BrClNO2. The maximum atomic E-state index is 12.1. The van der Waals surface area contributed by atoms with Crippen molar-refractivity contribution in [2.24, 2.45) is 0 Å². The van der Waals surface area contributed by atoms with E-state index in [1.807, 2.05) is 24.3 Å². The Morgan fingerprint density at radius 2 is 2.10 bits per heavy atom. The summed E-state index contributed by atoms with van der Waals surface area (Å²) in [6.45, 7) is 1.94. The molecule has 0 fully saturated rings. The molecule has 2 aromatic carbocycles. The first-order valence-electron chi connectivity index (χ1n) is 6.43. The summed E-state index contributed by atoms with van der Waals surface area (Å²) in [5, 5.41) is 0.564. The Morgan fingerprint density at radius 3 is 2.76 bits per heavy atom. The fourth-order valence-electron chi connectivity index (χ4n) is 1.88. The zero-order chi connectivity index (χ0) is 15.4. The third-order valence-electron chi connectivity index (χ3n) is 3.15. The zero-order valence-corrected chi connectivity index (χ0v) is 13.8. The Labute approximate surface area is 137 Å². The molecule has 5 heteroatoms. The lowest BCUT2D eigenvalue weighted by Gasteiger charge is -2.13. The number of hydrogen-bond acceptors (Lipinski definition) is 3. The minimum atomic E-state index is -0.372. The van der Waals surface area contributed by atoms with Crippen LogP contribution in [0.25, 0.3) is 0 Å². The second-order valence-corrected chi connectivity index (χ2v) is 6.06. The predicted molar refractivity (Wildman–Crippen MR) is 88.2 cm³/mol. The smallest absolute Gasteiger partial charge is 0.313 e. The number of benzene rings is 2. The molecular weight excluding hydrogens is 354 g/mol. The molecule has 0 saturated carbocycles. The molecule has 0 saturated heterocycles. The lowest BCUT2D eigenvalue weighted by molar-refractivity contribution is -0.146. The normalized spacial score (nSPS) is 12.0. The van der Waals surface area contributed by atoms with Gasteiger partial charge in [-0.25, -0.2) is 0 Å². The molecule has 0 aliphatic rings. The van der Waals surface area contributed by atoms with Gasteiger partial charge in [0.15, 0.2) is 0 Å². The van der Waals surface area contributed by atoms with Crippen LogP contribution < -0.4 is 5.73 Å². The van der Waals surface area contributed by atoms with Crippen LogP contribution in [-0.2, 0) is 16.1 Å². The standard InChI is InChI=1S/C16H15BrClNO2/c1-10(11-3-2-4-14(19)7-11)16(20)21-9-12-5-6-13(17)8-15(12)18/h2-8,10H,9,19H2,1H3. The van der Waals surface area contributed by atoms with Crippen LogP contribution in [0.1, 0.15) is 24.0 Å². The van der Waals surface area contributed by atoms with Gasteiger partial charge in [0.1, 0.15) is 6.61 Å². The van der Waals surface area contributed by atoms with Crippen LogP contribution in [0.4, 0.5) is 5.69 Å². The second-order valence-electron chi connectivity index (χ2n) is 4.74. The number of rotatable bonds is 4. The molecule has 1 unspecified atom stereocenters. The number of esters is 1. The van der Waals surface area contributed by atoms with Gasteiger partial charge in [0.05, 0.1) is 5.92 Å². The summed E-state index contributed by atoms with van der Waals surface area (Å²) in [5.74, 6) is -0.678. The average Bonchev–Trinajstić information content (AvgIpc) is 2.45. The number of anilines is 1. The van der Waals surface area contributed by atoms with E-state index in [0.29, 0.717) is 10.7 Å². The molecule has 2 aromatic rings. The molecule has 0 bridgehead atoms. The quantitative estimate of drug-likeness (QED) is 0.637. The third-order valence-corrected chi connectivity index (χ3v) is 3.99. The summed E-state index contributed by atoms with van der Waals surface area (Å²) in [5.41, 5.74) is 7.96. The van der Waals surface area contributed by atoms with Crippen LogP contribution >= 0.6 is 27.5 Å². The second kappa shape index (κ2) is 6.96. The molecule has 21 heavy (non-hydrogen) atoms. The monoisotopic (exact) mass is 367 g/mol. The number of nitrogen functional groups attached to an aromatic ring is 1. The van der Waals surface area contributed by atoms with Crippen molar-refractivity contribution in [1.82, 2.24) is 0 Å². The highest BCUT2D eigenvalue weighted by molar-refractivity contribution is 9.10. The van der Waals surface area contributed by atoms with Gasteiger partial charge in [-0.3, -0.25) is 4.79 Å². The van der Waals surface area contributed by atoms with Gasteiger partial charge in [-0.2, -0.15) is 0 Å². The van der Waals surface area contributed by atoms with Crippen LogP contribution in [0, 0.1) is 0 Å². The Hall–Kier alpha value is -1.52. The Balaban J connectivity index is 2.01. The first-order chi connectivity index (χ1) is 9.97. The van der Waals surface area contributed by atoms with Crippen molar-refractivity contribution in [3.8, 4) is 0 Å². The fourth-order valence-corrected chi connectivity index (χ4v) is 2.61. The molecule has 0 heterocycles. The molecule has 0 radical (unpaired) electrons. The minimum Gasteiger partial charge on any atom is -0.460 e. The van der Waals surface area contributed by atoms with Crippen molar-refractivity contribution in [2.75, 3.05) is 5.73 Å². The number of nitrogens with two attached hydrogens (primary N) is 1. The SMILES string of the molecule is CC(C(=O)OCc1ccc(Br)cc1Cl)c1cccc(N)c1. The minimum absolute atomic E-state index is 0.150. The van der Waals surface area contributed by atoms with E-state index in [-0.39, 0.29) is 18.5 Å². The molecule has 2 rings (SSSR count). The van der Waals surface area contributed by atoms with Crippen LogP contribution in [0.2, 0.25) is 5.02 Å². The Kier molecular flexibility index (Phi) is 5.26. The summed E-state index contributed by atoms with van der Waals surface area (Å²) >= 11 is 9.43. The summed E-state index contributed by atoms with van der Waals surface area (Å²) in [7, 11) is 0. The maximum Gasteiger partial charge on any atom is 0.313 e. The van der Waals surface area contributed by atoms with Gasteiger partial charge in [-0.1, -0.05) is 45.7 Å². The third kappa shape index (κ3) is 4.22. The fraction of sp³-hybridized carbons (Fsp3) is 0.188. The van der Waals surface area contributed by atoms with Crippen molar-refractivity contribution >= 4 is 39.2 Å². The Morgan fingerprint density at radius 1 is 1.33 bits per heavy atom. The molecule has 2 N–H and O–H groups in total. The number of carbonyl (C=O) groups is 1. The van der Waals surface area contributed by atoms with Gasteiger partial charge in [0.25, 0.3) is 0 Å². The van der Waals surface area contributed by atoms with E-state index in [4.69, 9.17) is 22.1 Å². The van der Waals surface area contributed by atoms with Gasteiger partial charge < -0.3 is 10.5 Å². The summed E-state index contributed by atoms with van der Waals surface area (Å²) in [6, 6.07) is 12.7. The van der Waals surface area contributed by atoms with Gasteiger partial charge in [0.2, 0.25) is 0 Å². The van der Waals surface area contributed by atoms with Crippen molar-refractivity contribution in [3.63, 3.8) is 0 Å². The van der Waals surface area contributed by atoms with E-state index in [1.54, 1.807) is 25.1 Å². The van der Waals surface area contributed by atoms with Crippen LogP contribution in [0.3, 0.4) is 0 Å². The Bertz CT molecular complexity index is 660. The van der Waals surface area contributed by atoms with Crippen molar-refractivity contribution in [1.29, 1.82) is 0 Å². The average molecular weight is 369 g/mol. The highest BCUT2D eigenvalue weighted by Gasteiger charge is 2.17. The number of hydrogen-bond donors (Lipinski definition) is 1. The van der Waals surface area contributed by atoms with Gasteiger partial charge in [-0.15, -0.1) is 0 Å². The lowest BCUT2D eigenvalue weighted by Crippen LogP contribution is -2.13. The van der Waals surface area contributed by atoms with Crippen LogP contribution in [0.15, 0.2) is 46.9 Å². The molecule has 0 aromatic heterocycles.